The average molecular weight is 679 g/mol. The molecular formula is C31H35Cl2F6N5O. The van der Waals surface area contributed by atoms with Crippen LogP contribution in [0, 0.1) is 0 Å². The summed E-state index contributed by atoms with van der Waals surface area (Å²) in [5.74, 6) is 0.0934. The molecule has 1 amide bonds. The SMILES string of the molecule is CN(CCc1cc(C(F)(F)F)cc(C(F)(F)F)c1)C(=O)[C@H](c1ccccc1)N1CCN(C(N)=NCc2ccccc2)CC1.Cl.Cl. The third-order valence-electron chi connectivity index (χ3n) is 7.38. The van der Waals surface area contributed by atoms with E-state index in [1.165, 1.54) is 11.9 Å². The highest BCUT2D eigenvalue weighted by Crippen LogP contribution is 2.36. The van der Waals surface area contributed by atoms with Gasteiger partial charge in [0, 0.05) is 39.8 Å². The molecule has 1 aliphatic heterocycles. The van der Waals surface area contributed by atoms with Crippen molar-refractivity contribution in [1.29, 1.82) is 0 Å². The van der Waals surface area contributed by atoms with Crippen molar-refractivity contribution in [3.63, 3.8) is 0 Å². The Balaban J connectivity index is 0.00000353. The molecule has 14 heteroatoms. The highest BCUT2D eigenvalue weighted by atomic mass is 35.5. The lowest BCUT2D eigenvalue weighted by Crippen LogP contribution is -2.54. The molecule has 0 unspecified atom stereocenters. The number of likely N-dealkylation sites (N-methyl/N-ethyl adjacent to an activating group) is 1. The number of amides is 1. The monoisotopic (exact) mass is 677 g/mol. The predicted octanol–water partition coefficient (Wildman–Crippen LogP) is 6.44. The number of alkyl halides is 6. The fraction of sp³-hybridized carbons (Fsp3) is 0.355. The van der Waals surface area contributed by atoms with Crippen LogP contribution < -0.4 is 5.73 Å². The Morgan fingerprint density at radius 2 is 1.33 bits per heavy atom. The van der Waals surface area contributed by atoms with Gasteiger partial charge in [0.2, 0.25) is 5.91 Å². The van der Waals surface area contributed by atoms with Gasteiger partial charge in [-0.3, -0.25) is 9.69 Å². The zero-order valence-corrected chi connectivity index (χ0v) is 26.0. The van der Waals surface area contributed by atoms with E-state index in [1.54, 1.807) is 12.1 Å². The minimum absolute atomic E-state index is 0. The van der Waals surface area contributed by atoms with Gasteiger partial charge in [-0.15, -0.1) is 24.8 Å². The molecule has 3 aromatic carbocycles. The minimum atomic E-state index is -4.94. The first-order valence-corrected chi connectivity index (χ1v) is 13.7. The summed E-state index contributed by atoms with van der Waals surface area (Å²) in [6, 6.07) is 19.6. The smallest absolute Gasteiger partial charge is 0.370 e. The van der Waals surface area contributed by atoms with Gasteiger partial charge >= 0.3 is 12.4 Å². The van der Waals surface area contributed by atoms with Gasteiger partial charge in [-0.1, -0.05) is 60.7 Å². The van der Waals surface area contributed by atoms with Crippen LogP contribution in [0.1, 0.15) is 33.9 Å². The number of hydrogen-bond acceptors (Lipinski definition) is 3. The molecule has 0 aromatic heterocycles. The molecule has 1 heterocycles. The molecule has 0 bridgehead atoms. The van der Waals surface area contributed by atoms with E-state index >= 15 is 0 Å². The summed E-state index contributed by atoms with van der Waals surface area (Å²) in [4.78, 5) is 23.5. The van der Waals surface area contributed by atoms with Crippen LogP contribution in [-0.2, 0) is 30.1 Å². The van der Waals surface area contributed by atoms with Crippen LogP contribution in [0.4, 0.5) is 26.3 Å². The molecule has 2 N–H and O–H groups in total. The largest absolute Gasteiger partial charge is 0.416 e. The predicted molar refractivity (Wildman–Crippen MR) is 166 cm³/mol. The molecule has 1 atom stereocenters. The Morgan fingerprint density at radius 3 is 1.84 bits per heavy atom. The summed E-state index contributed by atoms with van der Waals surface area (Å²) in [7, 11) is 1.50. The van der Waals surface area contributed by atoms with E-state index in [4.69, 9.17) is 5.73 Å². The standard InChI is InChI=1S/C31H33F6N5O.2ClH/c1-40(13-12-23-18-25(30(32,33)34)20-26(19-23)31(35,36)37)28(43)27(24-10-6-3-7-11-24)41-14-16-42(17-15-41)29(38)39-21-22-8-4-2-5-9-22;;/h2-11,18-20,27H,12-17,21H2,1H3,(H2,38,39);2*1H/t27-;;/m0../s1. The molecule has 0 aliphatic carbocycles. The molecular weight excluding hydrogens is 643 g/mol. The van der Waals surface area contributed by atoms with Crippen LogP contribution >= 0.6 is 24.8 Å². The Labute approximate surface area is 270 Å². The van der Waals surface area contributed by atoms with Crippen LogP contribution in [0.2, 0.25) is 0 Å². The van der Waals surface area contributed by atoms with Gasteiger partial charge in [0.1, 0.15) is 6.04 Å². The lowest BCUT2D eigenvalue weighted by Gasteiger charge is -2.40. The Morgan fingerprint density at radius 1 is 0.822 bits per heavy atom. The summed E-state index contributed by atoms with van der Waals surface area (Å²) in [6.45, 7) is 2.40. The summed E-state index contributed by atoms with van der Waals surface area (Å²) in [6.07, 6.45) is -10.1. The number of guanidine groups is 1. The maximum atomic E-state index is 13.8. The van der Waals surface area contributed by atoms with E-state index in [-0.39, 0.29) is 55.3 Å². The van der Waals surface area contributed by atoms with Gasteiger partial charge in [0.15, 0.2) is 5.96 Å². The van der Waals surface area contributed by atoms with Gasteiger partial charge in [-0.25, -0.2) is 4.99 Å². The first kappa shape index (κ1) is 37.7. The van der Waals surface area contributed by atoms with Crippen LogP contribution in [0.5, 0.6) is 0 Å². The Bertz CT molecular complexity index is 1370. The van der Waals surface area contributed by atoms with Crippen LogP contribution in [-0.4, -0.2) is 66.3 Å². The number of nitrogens with zero attached hydrogens (tertiary/aromatic N) is 4. The van der Waals surface area contributed by atoms with Crippen molar-refractivity contribution in [1.82, 2.24) is 14.7 Å². The second-order valence-electron chi connectivity index (χ2n) is 10.4. The molecule has 246 valence electrons. The molecule has 3 aromatic rings. The van der Waals surface area contributed by atoms with Crippen molar-refractivity contribution < 1.29 is 31.1 Å². The number of benzene rings is 3. The number of carbonyl (C=O) groups excluding carboxylic acids is 1. The number of nitrogens with two attached hydrogens (primary N) is 1. The lowest BCUT2D eigenvalue weighted by atomic mass is 10.0. The topological polar surface area (TPSA) is 65.2 Å². The van der Waals surface area contributed by atoms with Gasteiger partial charge < -0.3 is 15.5 Å². The summed E-state index contributed by atoms with van der Waals surface area (Å²) in [5.41, 5.74) is 5.10. The van der Waals surface area contributed by atoms with Crippen molar-refractivity contribution >= 4 is 36.7 Å². The van der Waals surface area contributed by atoms with E-state index in [1.807, 2.05) is 58.3 Å². The summed E-state index contributed by atoms with van der Waals surface area (Å²) >= 11 is 0. The molecule has 0 saturated carbocycles. The fourth-order valence-corrected chi connectivity index (χ4v) is 4.99. The molecule has 0 radical (unpaired) electrons. The van der Waals surface area contributed by atoms with Crippen LogP contribution in [0.3, 0.4) is 0 Å². The molecule has 45 heavy (non-hydrogen) atoms. The van der Waals surface area contributed by atoms with E-state index in [9.17, 15) is 31.1 Å². The third kappa shape index (κ3) is 10.3. The van der Waals surface area contributed by atoms with Crippen molar-refractivity contribution in [2.75, 3.05) is 39.8 Å². The normalized spacial score (nSPS) is 15.1. The molecule has 6 nitrogen and oxygen atoms in total. The number of halogens is 8. The van der Waals surface area contributed by atoms with Crippen molar-refractivity contribution in [2.24, 2.45) is 10.7 Å². The zero-order valence-electron chi connectivity index (χ0n) is 24.4. The quantitative estimate of drug-likeness (QED) is 0.169. The minimum Gasteiger partial charge on any atom is -0.370 e. The second-order valence-corrected chi connectivity index (χ2v) is 10.4. The van der Waals surface area contributed by atoms with Gasteiger partial charge in [0.25, 0.3) is 0 Å². The number of carbonyl (C=O) groups is 1. The van der Waals surface area contributed by atoms with Crippen molar-refractivity contribution in [3.05, 3.63) is 107 Å². The highest BCUT2D eigenvalue weighted by molar-refractivity contribution is 5.85. The van der Waals surface area contributed by atoms with Crippen LogP contribution in [0.15, 0.2) is 83.9 Å². The van der Waals surface area contributed by atoms with Crippen molar-refractivity contribution in [2.45, 2.75) is 31.4 Å². The second kappa shape index (κ2) is 16.2. The first-order valence-electron chi connectivity index (χ1n) is 13.7. The van der Waals surface area contributed by atoms with E-state index < -0.39 is 29.5 Å². The van der Waals surface area contributed by atoms with E-state index in [0.29, 0.717) is 50.8 Å². The molecule has 1 fully saturated rings. The summed E-state index contributed by atoms with van der Waals surface area (Å²) < 4.78 is 79.8. The first-order chi connectivity index (χ1) is 20.3. The zero-order chi connectivity index (χ0) is 31.2. The van der Waals surface area contributed by atoms with E-state index in [0.717, 1.165) is 11.1 Å². The van der Waals surface area contributed by atoms with Gasteiger partial charge in [-0.05, 0) is 41.3 Å². The number of hydrogen-bond donors (Lipinski definition) is 1. The molecule has 4 rings (SSSR count). The molecule has 1 saturated heterocycles. The maximum Gasteiger partial charge on any atom is 0.416 e. The number of aliphatic imine (C=N–C) groups is 1. The third-order valence-corrected chi connectivity index (χ3v) is 7.38. The van der Waals surface area contributed by atoms with Gasteiger partial charge in [-0.2, -0.15) is 26.3 Å². The van der Waals surface area contributed by atoms with E-state index in [2.05, 4.69) is 4.99 Å². The van der Waals surface area contributed by atoms with Gasteiger partial charge in [0.05, 0.1) is 17.7 Å². The number of rotatable bonds is 8. The number of piperazine rings is 1. The Kier molecular flexibility index (Phi) is 13.6. The Hall–Kier alpha value is -3.48. The molecule has 0 spiro atoms. The maximum absolute atomic E-state index is 13.8. The van der Waals surface area contributed by atoms with Crippen LogP contribution in [0.25, 0.3) is 0 Å². The summed E-state index contributed by atoms with van der Waals surface area (Å²) in [5, 5.41) is 0. The van der Waals surface area contributed by atoms with Crippen molar-refractivity contribution in [3.8, 4) is 0 Å². The highest BCUT2D eigenvalue weighted by Gasteiger charge is 2.37. The average Bonchev–Trinajstić information content (AvgIpc) is 2.99. The lowest BCUT2D eigenvalue weighted by molar-refractivity contribution is -0.143. The molecule has 1 aliphatic rings. The fourth-order valence-electron chi connectivity index (χ4n) is 4.99.